The van der Waals surface area contributed by atoms with Crippen LogP contribution in [0, 0.1) is 0 Å². The topological polar surface area (TPSA) is 87.7 Å². The lowest BCUT2D eigenvalue weighted by atomic mass is 10.0. The van der Waals surface area contributed by atoms with E-state index in [1.165, 1.54) is 12.0 Å². The molecule has 32 heavy (non-hydrogen) atoms. The van der Waals surface area contributed by atoms with Gasteiger partial charge in [-0.25, -0.2) is 0 Å². The molecule has 0 spiro atoms. The number of hydrogen-bond donors (Lipinski definition) is 2. The molecular weight excluding hydrogens is 430 g/mol. The summed E-state index contributed by atoms with van der Waals surface area (Å²) in [5, 5.41) is 6.00. The number of nitrogens with one attached hydrogen (secondary N) is 2. The molecule has 8 heteroatoms. The van der Waals surface area contributed by atoms with Crippen LogP contribution in [0.2, 0.25) is 5.02 Å². The van der Waals surface area contributed by atoms with Crippen molar-refractivity contribution in [2.75, 3.05) is 22.6 Å². The van der Waals surface area contributed by atoms with E-state index in [1.54, 1.807) is 72.8 Å². The number of rotatable bonds is 5. The maximum absolute atomic E-state index is 13.5. The van der Waals surface area contributed by atoms with Gasteiger partial charge in [0.15, 0.2) is 0 Å². The molecule has 1 aliphatic rings. The van der Waals surface area contributed by atoms with E-state index >= 15 is 0 Å². The van der Waals surface area contributed by atoms with Crippen LogP contribution in [0.1, 0.15) is 16.8 Å². The zero-order valence-electron chi connectivity index (χ0n) is 17.2. The molecular formula is C24H20ClN3O4. The van der Waals surface area contributed by atoms with Crippen LogP contribution in [0.25, 0.3) is 0 Å². The van der Waals surface area contributed by atoms with E-state index in [9.17, 15) is 14.4 Å². The first-order valence-corrected chi connectivity index (χ1v) is 10.3. The van der Waals surface area contributed by atoms with Crippen LogP contribution in [0.15, 0.2) is 72.8 Å². The number of ether oxygens (including phenoxy) is 1. The summed E-state index contributed by atoms with van der Waals surface area (Å²) in [6.07, 6.45) is -0.228. The van der Waals surface area contributed by atoms with Gasteiger partial charge in [0.05, 0.1) is 24.9 Å². The number of nitrogens with zero attached hydrogens (tertiary/aromatic N) is 1. The van der Waals surface area contributed by atoms with Crippen LogP contribution in [0.5, 0.6) is 5.75 Å². The van der Waals surface area contributed by atoms with Crippen LogP contribution in [-0.2, 0) is 9.59 Å². The Morgan fingerprint density at radius 3 is 2.53 bits per heavy atom. The Balaban J connectivity index is 1.65. The predicted molar refractivity (Wildman–Crippen MR) is 123 cm³/mol. The average Bonchev–Trinajstić information content (AvgIpc) is 2.79. The van der Waals surface area contributed by atoms with Crippen molar-refractivity contribution in [3.8, 4) is 5.75 Å². The van der Waals surface area contributed by atoms with Crippen LogP contribution < -0.4 is 20.3 Å². The Hall–Kier alpha value is -3.84. The molecule has 162 valence electrons. The Morgan fingerprint density at radius 2 is 1.81 bits per heavy atom. The highest BCUT2D eigenvalue weighted by Gasteiger charge is 2.38. The first-order chi connectivity index (χ1) is 15.5. The van der Waals surface area contributed by atoms with E-state index < -0.39 is 23.8 Å². The molecule has 1 heterocycles. The van der Waals surface area contributed by atoms with Gasteiger partial charge in [0.25, 0.3) is 5.91 Å². The van der Waals surface area contributed by atoms with Crippen molar-refractivity contribution in [1.82, 2.24) is 0 Å². The summed E-state index contributed by atoms with van der Waals surface area (Å²) in [5.41, 5.74) is 1.90. The first kappa shape index (κ1) is 21.4. The van der Waals surface area contributed by atoms with E-state index in [-0.39, 0.29) is 6.42 Å². The average molecular weight is 450 g/mol. The van der Waals surface area contributed by atoms with Gasteiger partial charge in [0.1, 0.15) is 11.8 Å². The van der Waals surface area contributed by atoms with Gasteiger partial charge in [0.2, 0.25) is 11.8 Å². The van der Waals surface area contributed by atoms with Gasteiger partial charge in [-0.3, -0.25) is 19.3 Å². The summed E-state index contributed by atoms with van der Waals surface area (Å²) in [4.78, 5) is 40.5. The second kappa shape index (κ2) is 9.11. The molecule has 3 aromatic rings. The molecule has 4 rings (SSSR count). The van der Waals surface area contributed by atoms with E-state index in [0.29, 0.717) is 33.4 Å². The zero-order chi connectivity index (χ0) is 22.7. The molecule has 3 amide bonds. The minimum absolute atomic E-state index is 0.228. The number of carbonyl (C=O) groups is 3. The van der Waals surface area contributed by atoms with Crippen molar-refractivity contribution in [2.45, 2.75) is 12.5 Å². The molecule has 0 radical (unpaired) electrons. The minimum Gasteiger partial charge on any atom is -0.497 e. The van der Waals surface area contributed by atoms with Gasteiger partial charge >= 0.3 is 0 Å². The molecule has 2 N–H and O–H groups in total. The van der Waals surface area contributed by atoms with Gasteiger partial charge < -0.3 is 15.4 Å². The number of benzene rings is 3. The van der Waals surface area contributed by atoms with Gasteiger partial charge in [-0.2, -0.15) is 0 Å². The lowest BCUT2D eigenvalue weighted by molar-refractivity contribution is -0.122. The summed E-state index contributed by atoms with van der Waals surface area (Å²) in [5.74, 6) is -0.641. The number of fused-ring (bicyclic) bond motifs is 1. The first-order valence-electron chi connectivity index (χ1n) is 9.89. The SMILES string of the molecule is COc1ccc(C(=O)N2c3ccccc3NC(=O)[C@H]2CC(=O)Nc2cccc(Cl)c2)cc1. The van der Waals surface area contributed by atoms with Crippen molar-refractivity contribution >= 4 is 46.4 Å². The Labute approximate surface area is 189 Å². The minimum atomic E-state index is -1.03. The predicted octanol–water partition coefficient (Wildman–Crippen LogP) is 4.34. The molecule has 0 fully saturated rings. The number of halogens is 1. The molecule has 0 unspecified atom stereocenters. The van der Waals surface area contributed by atoms with Crippen LogP contribution in [0.3, 0.4) is 0 Å². The molecule has 0 saturated carbocycles. The summed E-state index contributed by atoms with van der Waals surface area (Å²) in [6.45, 7) is 0. The standard InChI is InChI=1S/C24H20ClN3O4/c1-32-18-11-9-15(10-12-18)24(31)28-20-8-3-2-7-19(20)27-23(30)21(28)14-22(29)26-17-6-4-5-16(25)13-17/h2-13,21H,14H2,1H3,(H,26,29)(H,27,30)/t21-/m1/s1. The lowest BCUT2D eigenvalue weighted by Crippen LogP contribution is -2.52. The third-order valence-corrected chi connectivity index (χ3v) is 5.31. The Bertz CT molecular complexity index is 1180. The number of hydrogen-bond acceptors (Lipinski definition) is 4. The van der Waals surface area contributed by atoms with Crippen LogP contribution in [-0.4, -0.2) is 30.9 Å². The molecule has 1 aliphatic heterocycles. The van der Waals surface area contributed by atoms with E-state index in [1.807, 2.05) is 0 Å². The van der Waals surface area contributed by atoms with Crippen molar-refractivity contribution in [3.05, 3.63) is 83.4 Å². The molecule has 0 saturated heterocycles. The smallest absolute Gasteiger partial charge is 0.259 e. The van der Waals surface area contributed by atoms with Gasteiger partial charge in [-0.05, 0) is 54.6 Å². The Kier molecular flexibility index (Phi) is 6.09. The third-order valence-electron chi connectivity index (χ3n) is 5.08. The number of carbonyl (C=O) groups excluding carboxylic acids is 3. The molecule has 0 bridgehead atoms. The van der Waals surface area contributed by atoms with Crippen molar-refractivity contribution in [3.63, 3.8) is 0 Å². The Morgan fingerprint density at radius 1 is 1.06 bits per heavy atom. The quantitative estimate of drug-likeness (QED) is 0.606. The number of methoxy groups -OCH3 is 1. The van der Waals surface area contributed by atoms with Gasteiger partial charge in [-0.15, -0.1) is 0 Å². The highest BCUT2D eigenvalue weighted by molar-refractivity contribution is 6.31. The van der Waals surface area contributed by atoms with E-state index in [0.717, 1.165) is 0 Å². The zero-order valence-corrected chi connectivity index (χ0v) is 17.9. The highest BCUT2D eigenvalue weighted by atomic mass is 35.5. The van der Waals surface area contributed by atoms with Crippen LogP contribution in [0.4, 0.5) is 17.1 Å². The fraction of sp³-hybridized carbons (Fsp3) is 0.125. The van der Waals surface area contributed by atoms with E-state index in [2.05, 4.69) is 10.6 Å². The normalized spacial score (nSPS) is 14.9. The lowest BCUT2D eigenvalue weighted by Gasteiger charge is -2.36. The third kappa shape index (κ3) is 4.43. The monoisotopic (exact) mass is 449 g/mol. The van der Waals surface area contributed by atoms with Crippen molar-refractivity contribution < 1.29 is 19.1 Å². The second-order valence-electron chi connectivity index (χ2n) is 7.19. The molecule has 0 aromatic heterocycles. The van der Waals surface area contributed by atoms with Gasteiger partial charge in [0, 0.05) is 16.3 Å². The summed E-state index contributed by atoms with van der Waals surface area (Å²) in [7, 11) is 1.54. The maximum atomic E-state index is 13.5. The molecule has 1 atom stereocenters. The summed E-state index contributed by atoms with van der Waals surface area (Å²) >= 11 is 5.98. The fourth-order valence-corrected chi connectivity index (χ4v) is 3.74. The van der Waals surface area contributed by atoms with Crippen LogP contribution >= 0.6 is 11.6 Å². The molecule has 3 aromatic carbocycles. The summed E-state index contributed by atoms with van der Waals surface area (Å²) in [6, 6.07) is 19.2. The number of amides is 3. The van der Waals surface area contributed by atoms with E-state index in [4.69, 9.17) is 16.3 Å². The largest absolute Gasteiger partial charge is 0.497 e. The van der Waals surface area contributed by atoms with Gasteiger partial charge in [-0.1, -0.05) is 29.8 Å². The fourth-order valence-electron chi connectivity index (χ4n) is 3.55. The molecule has 7 nitrogen and oxygen atoms in total. The summed E-state index contributed by atoms with van der Waals surface area (Å²) < 4.78 is 5.16. The number of anilines is 3. The number of para-hydroxylation sites is 2. The van der Waals surface area contributed by atoms with Crippen molar-refractivity contribution in [1.29, 1.82) is 0 Å². The maximum Gasteiger partial charge on any atom is 0.259 e. The van der Waals surface area contributed by atoms with Crippen molar-refractivity contribution in [2.24, 2.45) is 0 Å². The highest BCUT2D eigenvalue weighted by Crippen LogP contribution is 2.34. The molecule has 0 aliphatic carbocycles. The second-order valence-corrected chi connectivity index (χ2v) is 7.62.